The van der Waals surface area contributed by atoms with Crippen molar-refractivity contribution in [1.29, 1.82) is 0 Å². The van der Waals surface area contributed by atoms with Crippen LogP contribution < -0.4 is 10.6 Å². The first kappa shape index (κ1) is 19.3. The SMILES string of the molecule is CCNC(=O)[C@@H]1C[C@H](NC2CCN(CC)CC2)CN1Cc1ccccc1. The molecule has 2 atom stereocenters. The molecule has 2 saturated heterocycles. The van der Waals surface area contributed by atoms with E-state index in [0.717, 1.165) is 26.1 Å². The summed E-state index contributed by atoms with van der Waals surface area (Å²) in [5, 5.41) is 6.88. The molecule has 2 aliphatic heterocycles. The van der Waals surface area contributed by atoms with Gasteiger partial charge in [0.25, 0.3) is 0 Å². The number of carbonyl (C=O) groups is 1. The van der Waals surface area contributed by atoms with Crippen molar-refractivity contribution in [2.75, 3.05) is 32.7 Å². The molecular weight excluding hydrogens is 324 g/mol. The molecule has 144 valence electrons. The zero-order chi connectivity index (χ0) is 18.4. The van der Waals surface area contributed by atoms with E-state index in [9.17, 15) is 4.79 Å². The van der Waals surface area contributed by atoms with Crippen LogP contribution in [0.25, 0.3) is 0 Å². The van der Waals surface area contributed by atoms with Crippen LogP contribution in [0.2, 0.25) is 0 Å². The largest absolute Gasteiger partial charge is 0.355 e. The summed E-state index contributed by atoms with van der Waals surface area (Å²) in [5.74, 6) is 0.175. The summed E-state index contributed by atoms with van der Waals surface area (Å²) in [6.07, 6.45) is 3.34. The van der Waals surface area contributed by atoms with Crippen molar-refractivity contribution in [2.24, 2.45) is 0 Å². The molecular formula is C21H34N4O. The van der Waals surface area contributed by atoms with Crippen molar-refractivity contribution >= 4 is 5.91 Å². The third-order valence-corrected chi connectivity index (χ3v) is 5.79. The minimum Gasteiger partial charge on any atom is -0.355 e. The molecule has 2 aliphatic rings. The van der Waals surface area contributed by atoms with Gasteiger partial charge in [0.1, 0.15) is 0 Å². The second-order valence-corrected chi connectivity index (χ2v) is 7.63. The van der Waals surface area contributed by atoms with Gasteiger partial charge in [-0.1, -0.05) is 37.3 Å². The molecule has 1 amide bonds. The zero-order valence-electron chi connectivity index (χ0n) is 16.3. The number of likely N-dealkylation sites (N-methyl/N-ethyl adjacent to an activating group) is 1. The minimum atomic E-state index is -0.0246. The second-order valence-electron chi connectivity index (χ2n) is 7.63. The lowest BCUT2D eigenvalue weighted by atomic mass is 10.0. The third kappa shape index (κ3) is 5.06. The Morgan fingerprint density at radius 3 is 2.50 bits per heavy atom. The Morgan fingerprint density at radius 1 is 1.12 bits per heavy atom. The van der Waals surface area contributed by atoms with E-state index in [1.165, 1.54) is 31.5 Å². The summed E-state index contributed by atoms with van der Waals surface area (Å²) in [6.45, 7) is 10.2. The van der Waals surface area contributed by atoms with Crippen LogP contribution >= 0.6 is 0 Å². The maximum Gasteiger partial charge on any atom is 0.237 e. The highest BCUT2D eigenvalue weighted by Crippen LogP contribution is 2.23. The van der Waals surface area contributed by atoms with Gasteiger partial charge in [-0.05, 0) is 51.4 Å². The van der Waals surface area contributed by atoms with Gasteiger partial charge in [0, 0.05) is 31.7 Å². The normalized spacial score (nSPS) is 25.5. The van der Waals surface area contributed by atoms with Crippen LogP contribution in [0.1, 0.15) is 38.7 Å². The average Bonchev–Trinajstić information content (AvgIpc) is 3.05. The second kappa shape index (κ2) is 9.49. The number of carbonyl (C=O) groups excluding carboxylic acids is 1. The fourth-order valence-corrected chi connectivity index (χ4v) is 4.33. The molecule has 1 aromatic rings. The predicted molar refractivity (Wildman–Crippen MR) is 106 cm³/mol. The lowest BCUT2D eigenvalue weighted by molar-refractivity contribution is -0.125. The number of nitrogens with zero attached hydrogens (tertiary/aromatic N) is 2. The first-order chi connectivity index (χ1) is 12.7. The van der Waals surface area contributed by atoms with Gasteiger partial charge in [0.05, 0.1) is 6.04 Å². The highest BCUT2D eigenvalue weighted by molar-refractivity contribution is 5.82. The fourth-order valence-electron chi connectivity index (χ4n) is 4.33. The van der Waals surface area contributed by atoms with Gasteiger partial charge in [-0.15, -0.1) is 0 Å². The van der Waals surface area contributed by atoms with Gasteiger partial charge in [-0.3, -0.25) is 9.69 Å². The Morgan fingerprint density at radius 2 is 1.85 bits per heavy atom. The maximum absolute atomic E-state index is 12.6. The smallest absolute Gasteiger partial charge is 0.237 e. The average molecular weight is 359 g/mol. The van der Waals surface area contributed by atoms with Crippen molar-refractivity contribution in [3.63, 3.8) is 0 Å². The summed E-state index contributed by atoms with van der Waals surface area (Å²) in [5.41, 5.74) is 1.28. The van der Waals surface area contributed by atoms with Gasteiger partial charge < -0.3 is 15.5 Å². The molecule has 0 unspecified atom stereocenters. The monoisotopic (exact) mass is 358 g/mol. The Kier molecular flexibility index (Phi) is 7.06. The number of amides is 1. The number of likely N-dealkylation sites (tertiary alicyclic amines) is 2. The summed E-state index contributed by atoms with van der Waals surface area (Å²) in [7, 11) is 0. The molecule has 26 heavy (non-hydrogen) atoms. The van der Waals surface area contributed by atoms with Crippen molar-refractivity contribution < 1.29 is 4.79 Å². The van der Waals surface area contributed by atoms with E-state index in [4.69, 9.17) is 0 Å². The molecule has 2 N–H and O–H groups in total. The summed E-state index contributed by atoms with van der Waals surface area (Å²) < 4.78 is 0. The van der Waals surface area contributed by atoms with E-state index < -0.39 is 0 Å². The minimum absolute atomic E-state index is 0.0246. The Labute approximate surface area is 158 Å². The van der Waals surface area contributed by atoms with Crippen LogP contribution in [0, 0.1) is 0 Å². The zero-order valence-corrected chi connectivity index (χ0v) is 16.3. The Bertz CT molecular complexity index is 556. The standard InChI is InChI=1S/C21H34N4O/c1-3-22-21(26)20-14-19(23-18-10-12-24(4-2)13-11-18)16-25(20)15-17-8-6-5-7-9-17/h5-9,18-20,23H,3-4,10-16H2,1-2H3,(H,22,26)/t19-,20-/m0/s1. The van der Waals surface area contributed by atoms with Crippen molar-refractivity contribution in [3.8, 4) is 0 Å². The van der Waals surface area contributed by atoms with Crippen LogP contribution in [0.15, 0.2) is 30.3 Å². The molecule has 2 heterocycles. The van der Waals surface area contributed by atoms with Crippen LogP contribution in [-0.2, 0) is 11.3 Å². The third-order valence-electron chi connectivity index (χ3n) is 5.79. The van der Waals surface area contributed by atoms with E-state index in [1.807, 2.05) is 13.0 Å². The van der Waals surface area contributed by atoms with Crippen molar-refractivity contribution in [1.82, 2.24) is 20.4 Å². The quantitative estimate of drug-likeness (QED) is 0.781. The van der Waals surface area contributed by atoms with Crippen LogP contribution in [0.3, 0.4) is 0 Å². The number of piperidine rings is 1. The fraction of sp³-hybridized carbons (Fsp3) is 0.667. The predicted octanol–water partition coefficient (Wildman–Crippen LogP) is 1.84. The molecule has 0 radical (unpaired) electrons. The first-order valence-electron chi connectivity index (χ1n) is 10.2. The van der Waals surface area contributed by atoms with Gasteiger partial charge in [0.2, 0.25) is 5.91 Å². The molecule has 0 saturated carbocycles. The van der Waals surface area contributed by atoms with E-state index in [2.05, 4.69) is 51.6 Å². The number of benzene rings is 1. The summed E-state index contributed by atoms with van der Waals surface area (Å²) >= 11 is 0. The van der Waals surface area contributed by atoms with Gasteiger partial charge in [0.15, 0.2) is 0 Å². The van der Waals surface area contributed by atoms with Crippen molar-refractivity contribution in [2.45, 2.75) is 57.8 Å². The molecule has 0 bridgehead atoms. The summed E-state index contributed by atoms with van der Waals surface area (Å²) in [4.78, 5) is 17.4. The molecule has 0 aromatic heterocycles. The van der Waals surface area contributed by atoms with E-state index in [0.29, 0.717) is 18.6 Å². The first-order valence-corrected chi connectivity index (χ1v) is 10.2. The van der Waals surface area contributed by atoms with E-state index in [-0.39, 0.29) is 11.9 Å². The molecule has 0 spiro atoms. The number of hydrogen-bond acceptors (Lipinski definition) is 4. The lowest BCUT2D eigenvalue weighted by Crippen LogP contribution is -2.46. The number of rotatable bonds is 7. The lowest BCUT2D eigenvalue weighted by Gasteiger charge is -2.33. The molecule has 1 aromatic carbocycles. The van der Waals surface area contributed by atoms with Crippen LogP contribution in [0.4, 0.5) is 0 Å². The van der Waals surface area contributed by atoms with Gasteiger partial charge >= 0.3 is 0 Å². The van der Waals surface area contributed by atoms with Crippen LogP contribution in [-0.4, -0.2) is 66.6 Å². The maximum atomic E-state index is 12.6. The molecule has 5 nitrogen and oxygen atoms in total. The molecule has 5 heteroatoms. The number of nitrogens with one attached hydrogen (secondary N) is 2. The molecule has 3 rings (SSSR count). The topological polar surface area (TPSA) is 47.6 Å². The number of hydrogen-bond donors (Lipinski definition) is 2. The van der Waals surface area contributed by atoms with E-state index in [1.54, 1.807) is 0 Å². The molecule has 2 fully saturated rings. The highest BCUT2D eigenvalue weighted by atomic mass is 16.2. The highest BCUT2D eigenvalue weighted by Gasteiger charge is 2.37. The molecule has 0 aliphatic carbocycles. The Hall–Kier alpha value is -1.43. The Balaban J connectivity index is 1.59. The van der Waals surface area contributed by atoms with Crippen LogP contribution in [0.5, 0.6) is 0 Å². The van der Waals surface area contributed by atoms with Crippen molar-refractivity contribution in [3.05, 3.63) is 35.9 Å². The van der Waals surface area contributed by atoms with Gasteiger partial charge in [-0.25, -0.2) is 0 Å². The van der Waals surface area contributed by atoms with E-state index >= 15 is 0 Å². The van der Waals surface area contributed by atoms with Gasteiger partial charge in [-0.2, -0.15) is 0 Å². The summed E-state index contributed by atoms with van der Waals surface area (Å²) in [6, 6.07) is 11.5.